The summed E-state index contributed by atoms with van der Waals surface area (Å²) in [5, 5.41) is 8.70. The van der Waals surface area contributed by atoms with Gasteiger partial charge in [-0.1, -0.05) is 59.1 Å². The Morgan fingerprint density at radius 1 is 0.429 bits per heavy atom. The van der Waals surface area contributed by atoms with Crippen LogP contribution in [0.1, 0.15) is 96.8 Å². The number of hydrogen-bond acceptors (Lipinski definition) is 27. The van der Waals surface area contributed by atoms with Gasteiger partial charge in [-0.15, -0.1) is 0 Å². The highest BCUT2D eigenvalue weighted by atomic mass is 35.6. The molecule has 5 aliphatic rings. The Morgan fingerprint density at radius 2 is 0.738 bits per heavy atom. The summed E-state index contributed by atoms with van der Waals surface area (Å²) >= 11 is 18.4. The minimum absolute atomic E-state index is 0.128. The van der Waals surface area contributed by atoms with Crippen molar-refractivity contribution in [2.24, 2.45) is 0 Å². The van der Waals surface area contributed by atoms with Gasteiger partial charge in [0.2, 0.25) is 12.2 Å². The topological polar surface area (TPSA) is 364 Å². The van der Waals surface area contributed by atoms with Gasteiger partial charge in [0.15, 0.2) is 55.3 Å². The molecule has 84 heavy (non-hydrogen) atoms. The fourth-order valence-electron chi connectivity index (χ4n) is 9.96. The number of amides is 4. The standard InChI is InChI=1S/C52H54Cl3N3O26/c1-20(59)71-17-32-37(74-22(3)61)40(77-25(6)64)35(57-44(67)28-13-9-10-14-29(28)45(57)68)48(80-32)73-19-34-39(76-24(5)63)42(79-27(8)66)43(50(82-34)84-51(56)52(53,54)55)83-49-36(58-46(69)30-15-11-12-16-31(30)47(58)70)41(78-26(7)65)38(75-23(4)62)33(81-49)18-72-21(2)60/h9-16,32-43,48-50,56H,17-19H2,1-8H3/t32-,33-,34-,35-,36-,37-,38-,39-,40-,41-,42+,43+,48-,49+,50-/m1/s1. The van der Waals surface area contributed by atoms with Gasteiger partial charge in [0.1, 0.15) is 43.6 Å². The van der Waals surface area contributed by atoms with E-state index in [1.165, 1.54) is 48.5 Å². The van der Waals surface area contributed by atoms with Crippen molar-refractivity contribution < 1.29 is 124 Å². The van der Waals surface area contributed by atoms with Crippen LogP contribution in [0.15, 0.2) is 48.5 Å². The fourth-order valence-corrected chi connectivity index (χ4v) is 10.1. The number of carbonyl (C=O) groups excluding carboxylic acids is 12. The number of nitrogens with one attached hydrogen (secondary N) is 1. The third-order valence-corrected chi connectivity index (χ3v) is 13.5. The van der Waals surface area contributed by atoms with Gasteiger partial charge in [0.25, 0.3) is 27.4 Å². The van der Waals surface area contributed by atoms with Crippen LogP contribution in [-0.4, -0.2) is 203 Å². The molecule has 2 aromatic carbocycles. The molecule has 7 rings (SSSR count). The third kappa shape index (κ3) is 14.4. The summed E-state index contributed by atoms with van der Waals surface area (Å²) < 4.78 is 79.6. The number of halogens is 3. The molecule has 2 aromatic rings. The Bertz CT molecular complexity index is 2920. The predicted octanol–water partition coefficient (Wildman–Crippen LogP) is 1.97. The van der Waals surface area contributed by atoms with Crippen LogP contribution in [0.25, 0.3) is 0 Å². The first-order valence-corrected chi connectivity index (χ1v) is 26.4. The van der Waals surface area contributed by atoms with Crippen molar-refractivity contribution in [2.75, 3.05) is 19.8 Å². The van der Waals surface area contributed by atoms with E-state index in [9.17, 15) is 57.5 Å². The summed E-state index contributed by atoms with van der Waals surface area (Å²) in [4.78, 5) is 162. The number of fused-ring (bicyclic) bond motifs is 2. The lowest BCUT2D eigenvalue weighted by atomic mass is 9.93. The number of alkyl halides is 3. The largest absolute Gasteiger partial charge is 0.463 e. The van der Waals surface area contributed by atoms with Gasteiger partial charge in [-0.2, -0.15) is 0 Å². The lowest BCUT2D eigenvalue weighted by molar-refractivity contribution is -0.356. The molecule has 0 aromatic heterocycles. The summed E-state index contributed by atoms with van der Waals surface area (Å²) in [6.45, 7) is 5.05. The molecule has 15 atom stereocenters. The molecule has 0 bridgehead atoms. The van der Waals surface area contributed by atoms with Crippen LogP contribution in [0.3, 0.4) is 0 Å². The van der Waals surface area contributed by atoms with Gasteiger partial charge in [-0.05, 0) is 24.3 Å². The normalized spacial score (nSPS) is 29.1. The van der Waals surface area contributed by atoms with Crippen molar-refractivity contribution in [3.8, 4) is 0 Å². The number of carbonyl (C=O) groups is 12. The Morgan fingerprint density at radius 3 is 1.10 bits per heavy atom. The van der Waals surface area contributed by atoms with Crippen LogP contribution in [-0.2, 0) is 105 Å². The predicted molar refractivity (Wildman–Crippen MR) is 274 cm³/mol. The number of esters is 8. The second-order valence-corrected chi connectivity index (χ2v) is 21.4. The number of hydrogen-bond donors (Lipinski definition) is 1. The maximum Gasteiger partial charge on any atom is 0.303 e. The SMILES string of the molecule is CC(=O)OC[C@H]1O[C@@H](OC[C@H]2O[C@H](OC(=N)C(Cl)(Cl)Cl)[C@@H](O[C@@H]3O[C@H](COC(C)=O)[C@@H](OC(C)=O)[C@H](OC(C)=O)[C@H]3N3C(=O)c4ccccc4C3=O)[C@@H](OC(C)=O)[C@@H]2OC(C)=O)[C@H](N2C(=O)c3ccccc3C2=O)[C@@H](OC(C)=O)[C@@H]1OC(C)=O. The molecule has 0 spiro atoms. The first kappa shape index (κ1) is 64.2. The molecule has 454 valence electrons. The van der Waals surface area contributed by atoms with E-state index < -0.39 is 193 Å². The summed E-state index contributed by atoms with van der Waals surface area (Å²) in [6, 6.07) is 7.01. The average molecular weight is 1240 g/mol. The minimum atomic E-state index is -2.75. The molecule has 5 aliphatic heterocycles. The summed E-state index contributed by atoms with van der Waals surface area (Å²) in [5.74, 6) is -13.5. The fraction of sp³-hybridized carbons (Fsp3) is 0.519. The van der Waals surface area contributed by atoms with E-state index in [-0.39, 0.29) is 22.3 Å². The molecule has 0 radical (unpaired) electrons. The lowest BCUT2D eigenvalue weighted by Crippen LogP contribution is -2.70. The van der Waals surface area contributed by atoms with E-state index in [0.717, 1.165) is 55.4 Å². The molecule has 32 heteroatoms. The van der Waals surface area contributed by atoms with E-state index in [1.54, 1.807) is 0 Å². The quantitative estimate of drug-likeness (QED) is 0.0557. The zero-order chi connectivity index (χ0) is 61.8. The number of benzene rings is 2. The summed E-state index contributed by atoms with van der Waals surface area (Å²) in [7, 11) is 0. The lowest BCUT2D eigenvalue weighted by Gasteiger charge is -2.50. The molecule has 0 unspecified atom stereocenters. The van der Waals surface area contributed by atoms with Crippen LogP contribution < -0.4 is 0 Å². The van der Waals surface area contributed by atoms with Crippen LogP contribution in [0, 0.1) is 5.41 Å². The van der Waals surface area contributed by atoms with E-state index in [1.807, 2.05) is 0 Å². The van der Waals surface area contributed by atoms with Crippen LogP contribution in [0.4, 0.5) is 0 Å². The molecule has 3 saturated heterocycles. The van der Waals surface area contributed by atoms with Crippen molar-refractivity contribution in [3.63, 3.8) is 0 Å². The second-order valence-electron chi connectivity index (χ2n) is 19.1. The molecule has 29 nitrogen and oxygen atoms in total. The monoisotopic (exact) mass is 1240 g/mol. The van der Waals surface area contributed by atoms with Crippen molar-refractivity contribution in [1.29, 1.82) is 5.41 Å². The Balaban J connectivity index is 1.37. The van der Waals surface area contributed by atoms with Crippen molar-refractivity contribution in [2.45, 2.75) is 151 Å². The van der Waals surface area contributed by atoms with Crippen LogP contribution in [0.5, 0.6) is 0 Å². The first-order chi connectivity index (χ1) is 39.5. The van der Waals surface area contributed by atoms with Crippen molar-refractivity contribution in [3.05, 3.63) is 70.8 Å². The van der Waals surface area contributed by atoms with E-state index in [2.05, 4.69) is 0 Å². The van der Waals surface area contributed by atoms with Crippen molar-refractivity contribution in [1.82, 2.24) is 9.80 Å². The van der Waals surface area contributed by atoms with E-state index >= 15 is 0 Å². The maximum atomic E-state index is 14.5. The molecular formula is C52H54Cl3N3O26. The average Bonchev–Trinajstić information content (AvgIpc) is 1.59. The van der Waals surface area contributed by atoms with E-state index in [4.69, 9.17) is 107 Å². The highest BCUT2D eigenvalue weighted by Crippen LogP contribution is 2.41. The zero-order valence-electron chi connectivity index (χ0n) is 45.5. The molecule has 0 saturated carbocycles. The third-order valence-electron chi connectivity index (χ3n) is 13.0. The minimum Gasteiger partial charge on any atom is -0.463 e. The molecule has 3 fully saturated rings. The Kier molecular flexibility index (Phi) is 20.4. The number of imide groups is 2. The Labute approximate surface area is 491 Å². The van der Waals surface area contributed by atoms with Gasteiger partial charge < -0.3 is 66.3 Å². The molecule has 0 aliphatic carbocycles. The van der Waals surface area contributed by atoms with E-state index in [0.29, 0.717) is 9.80 Å². The second kappa shape index (κ2) is 26.7. The van der Waals surface area contributed by atoms with Crippen LogP contribution >= 0.6 is 34.8 Å². The smallest absolute Gasteiger partial charge is 0.303 e. The summed E-state index contributed by atoms with van der Waals surface area (Å²) in [5.41, 5.74) is -0.600. The summed E-state index contributed by atoms with van der Waals surface area (Å²) in [6.07, 6.45) is -25.8. The number of ether oxygens (including phenoxy) is 14. The number of rotatable bonds is 18. The highest BCUT2D eigenvalue weighted by molar-refractivity contribution is 6.76. The van der Waals surface area contributed by atoms with Gasteiger partial charge in [-0.25, -0.2) is 0 Å². The number of nitrogens with zero attached hydrogens (tertiary/aromatic N) is 2. The van der Waals surface area contributed by atoms with Gasteiger partial charge >= 0.3 is 47.8 Å². The molecular weight excluding hydrogens is 1190 g/mol. The first-order valence-electron chi connectivity index (χ1n) is 25.3. The zero-order valence-corrected chi connectivity index (χ0v) is 47.8. The van der Waals surface area contributed by atoms with Crippen LogP contribution in [0.2, 0.25) is 0 Å². The van der Waals surface area contributed by atoms with Gasteiger partial charge in [0, 0.05) is 55.4 Å². The molecule has 5 heterocycles. The molecule has 4 amide bonds. The van der Waals surface area contributed by atoms with Gasteiger partial charge in [0.05, 0.1) is 28.9 Å². The van der Waals surface area contributed by atoms with Gasteiger partial charge in [-0.3, -0.25) is 72.7 Å². The molecule has 1 N–H and O–H groups in total. The highest BCUT2D eigenvalue weighted by Gasteiger charge is 2.62. The van der Waals surface area contributed by atoms with Crippen molar-refractivity contribution >= 4 is 112 Å². The Hall–Kier alpha value is -7.38. The maximum absolute atomic E-state index is 14.5.